The van der Waals surface area contributed by atoms with Gasteiger partial charge in [0.25, 0.3) is 0 Å². The molecule has 20 heavy (non-hydrogen) atoms. The molecular formula is C18H26O2. The Labute approximate surface area is 122 Å². The zero-order chi connectivity index (χ0) is 14.8. The van der Waals surface area contributed by atoms with Gasteiger partial charge in [0.1, 0.15) is 5.76 Å². The van der Waals surface area contributed by atoms with Crippen LogP contribution in [-0.2, 0) is 14.9 Å². The molecule has 2 rings (SSSR count). The van der Waals surface area contributed by atoms with Gasteiger partial charge < -0.3 is 9.47 Å². The van der Waals surface area contributed by atoms with Crippen LogP contribution in [0.15, 0.2) is 30.8 Å². The number of benzene rings is 1. The Balaban J connectivity index is 1.99. The molecule has 1 fully saturated rings. The number of ether oxygens (including phenoxy) is 2. The van der Waals surface area contributed by atoms with Crippen LogP contribution in [0.2, 0.25) is 0 Å². The molecule has 0 spiro atoms. The normalized spacial score (nSPS) is 23.4. The van der Waals surface area contributed by atoms with E-state index in [0.717, 1.165) is 24.8 Å². The molecule has 0 aliphatic carbocycles. The first-order valence-electron chi connectivity index (χ1n) is 7.48. The summed E-state index contributed by atoms with van der Waals surface area (Å²) in [6, 6.07) is 8.45. The van der Waals surface area contributed by atoms with Crippen molar-refractivity contribution in [3.05, 3.63) is 42.0 Å². The summed E-state index contributed by atoms with van der Waals surface area (Å²) in [5.41, 5.74) is 2.51. The minimum absolute atomic E-state index is 0.145. The van der Waals surface area contributed by atoms with Crippen molar-refractivity contribution >= 4 is 5.76 Å². The van der Waals surface area contributed by atoms with E-state index in [1.54, 1.807) is 0 Å². The molecule has 0 bridgehead atoms. The van der Waals surface area contributed by atoms with Gasteiger partial charge in [0.2, 0.25) is 0 Å². The minimum Gasteiger partial charge on any atom is -0.465 e. The lowest BCUT2D eigenvalue weighted by Crippen LogP contribution is -2.27. The van der Waals surface area contributed by atoms with Gasteiger partial charge in [-0.05, 0) is 30.7 Å². The number of rotatable bonds is 3. The summed E-state index contributed by atoms with van der Waals surface area (Å²) in [5.74, 6) is 0.699. The van der Waals surface area contributed by atoms with E-state index in [2.05, 4.69) is 58.5 Å². The lowest BCUT2D eigenvalue weighted by molar-refractivity contribution is -0.154. The Bertz CT molecular complexity index is 453. The van der Waals surface area contributed by atoms with Crippen molar-refractivity contribution in [1.82, 2.24) is 0 Å². The molecule has 2 heteroatoms. The van der Waals surface area contributed by atoms with Crippen molar-refractivity contribution in [3.63, 3.8) is 0 Å². The summed E-state index contributed by atoms with van der Waals surface area (Å²) < 4.78 is 11.6. The topological polar surface area (TPSA) is 18.5 Å². The molecule has 1 heterocycles. The van der Waals surface area contributed by atoms with Crippen LogP contribution < -0.4 is 0 Å². The van der Waals surface area contributed by atoms with Gasteiger partial charge in [-0.15, -0.1) is 0 Å². The van der Waals surface area contributed by atoms with E-state index in [1.807, 2.05) is 0 Å². The quantitative estimate of drug-likeness (QED) is 0.731. The summed E-state index contributed by atoms with van der Waals surface area (Å²) >= 11 is 0. The third-order valence-corrected chi connectivity index (χ3v) is 3.78. The zero-order valence-electron chi connectivity index (χ0n) is 13.1. The molecule has 2 nitrogen and oxygen atoms in total. The van der Waals surface area contributed by atoms with E-state index in [9.17, 15) is 0 Å². The van der Waals surface area contributed by atoms with Crippen molar-refractivity contribution < 1.29 is 9.47 Å². The standard InChI is InChI=1S/C18H26O2/c1-13-7-6-8-17(19-13)20-14(2)15-9-11-16(12-10-15)18(3,4)5/h9-13,17H,2,6-8H2,1,3-5H3/t13-,17+/m1/s1. The maximum Gasteiger partial charge on any atom is 0.200 e. The van der Waals surface area contributed by atoms with Crippen LogP contribution in [0.4, 0.5) is 0 Å². The molecule has 1 aromatic rings. The highest BCUT2D eigenvalue weighted by atomic mass is 16.7. The molecule has 1 saturated heterocycles. The second-order valence-electron chi connectivity index (χ2n) is 6.68. The summed E-state index contributed by atoms with van der Waals surface area (Å²) in [4.78, 5) is 0. The smallest absolute Gasteiger partial charge is 0.200 e. The van der Waals surface area contributed by atoms with E-state index in [4.69, 9.17) is 9.47 Å². The molecule has 2 atom stereocenters. The molecule has 110 valence electrons. The Morgan fingerprint density at radius 1 is 1.20 bits per heavy atom. The van der Waals surface area contributed by atoms with Crippen LogP contribution in [0.5, 0.6) is 0 Å². The van der Waals surface area contributed by atoms with Crippen LogP contribution in [0, 0.1) is 0 Å². The molecule has 0 aromatic heterocycles. The van der Waals surface area contributed by atoms with Gasteiger partial charge in [-0.1, -0.05) is 51.6 Å². The third kappa shape index (κ3) is 3.86. The van der Waals surface area contributed by atoms with Gasteiger partial charge >= 0.3 is 0 Å². The summed E-state index contributed by atoms with van der Waals surface area (Å²) in [6.45, 7) is 12.8. The average Bonchev–Trinajstić information content (AvgIpc) is 2.38. The van der Waals surface area contributed by atoms with Crippen LogP contribution >= 0.6 is 0 Å². The molecule has 1 aromatic carbocycles. The van der Waals surface area contributed by atoms with Crippen LogP contribution in [0.25, 0.3) is 5.76 Å². The van der Waals surface area contributed by atoms with Crippen molar-refractivity contribution in [1.29, 1.82) is 0 Å². The van der Waals surface area contributed by atoms with Gasteiger partial charge in [0.05, 0.1) is 6.10 Å². The SMILES string of the molecule is C=C(O[C@H]1CCC[C@@H](C)O1)c1ccc(C(C)(C)C)cc1. The molecule has 0 N–H and O–H groups in total. The van der Waals surface area contributed by atoms with Gasteiger partial charge in [0.15, 0.2) is 6.29 Å². The minimum atomic E-state index is -0.145. The van der Waals surface area contributed by atoms with E-state index in [1.165, 1.54) is 5.56 Å². The van der Waals surface area contributed by atoms with Crippen molar-refractivity contribution in [2.24, 2.45) is 0 Å². The summed E-state index contributed by atoms with van der Waals surface area (Å²) in [7, 11) is 0. The maximum atomic E-state index is 5.86. The average molecular weight is 274 g/mol. The molecular weight excluding hydrogens is 248 g/mol. The Morgan fingerprint density at radius 3 is 2.40 bits per heavy atom. The summed E-state index contributed by atoms with van der Waals surface area (Å²) in [5, 5.41) is 0. The Kier molecular flexibility index (Phi) is 4.54. The zero-order valence-corrected chi connectivity index (χ0v) is 13.1. The Morgan fingerprint density at radius 2 is 1.85 bits per heavy atom. The third-order valence-electron chi connectivity index (χ3n) is 3.78. The van der Waals surface area contributed by atoms with Crippen molar-refractivity contribution in [2.75, 3.05) is 0 Å². The highest BCUT2D eigenvalue weighted by molar-refractivity contribution is 5.58. The largest absolute Gasteiger partial charge is 0.465 e. The van der Waals surface area contributed by atoms with Gasteiger partial charge in [0, 0.05) is 12.0 Å². The molecule has 1 aliphatic heterocycles. The van der Waals surface area contributed by atoms with Gasteiger partial charge in [-0.25, -0.2) is 0 Å². The highest BCUT2D eigenvalue weighted by Gasteiger charge is 2.21. The first-order chi connectivity index (χ1) is 9.36. The number of hydrogen-bond acceptors (Lipinski definition) is 2. The van der Waals surface area contributed by atoms with Crippen LogP contribution in [-0.4, -0.2) is 12.4 Å². The monoisotopic (exact) mass is 274 g/mol. The lowest BCUT2D eigenvalue weighted by Gasteiger charge is -2.29. The fraction of sp³-hybridized carbons (Fsp3) is 0.556. The first-order valence-corrected chi connectivity index (χ1v) is 7.48. The molecule has 0 saturated carbocycles. The van der Waals surface area contributed by atoms with E-state index >= 15 is 0 Å². The molecule has 1 aliphatic rings. The van der Waals surface area contributed by atoms with Crippen molar-refractivity contribution in [2.45, 2.75) is 64.8 Å². The molecule has 0 amide bonds. The van der Waals surface area contributed by atoms with E-state index in [0.29, 0.717) is 5.76 Å². The lowest BCUT2D eigenvalue weighted by atomic mass is 9.86. The van der Waals surface area contributed by atoms with Gasteiger partial charge in [-0.3, -0.25) is 0 Å². The van der Waals surface area contributed by atoms with Crippen LogP contribution in [0.3, 0.4) is 0 Å². The molecule has 0 radical (unpaired) electrons. The second kappa shape index (κ2) is 6.01. The predicted octanol–water partition coefficient (Wildman–Crippen LogP) is 4.89. The second-order valence-corrected chi connectivity index (χ2v) is 6.68. The predicted molar refractivity (Wildman–Crippen MR) is 83.4 cm³/mol. The fourth-order valence-electron chi connectivity index (χ4n) is 2.44. The first kappa shape index (κ1) is 15.1. The molecule has 0 unspecified atom stereocenters. The Hall–Kier alpha value is -1.28. The number of hydrogen-bond donors (Lipinski definition) is 0. The van der Waals surface area contributed by atoms with E-state index in [-0.39, 0.29) is 17.8 Å². The maximum absolute atomic E-state index is 5.86. The van der Waals surface area contributed by atoms with E-state index < -0.39 is 0 Å². The fourth-order valence-corrected chi connectivity index (χ4v) is 2.44. The summed E-state index contributed by atoms with van der Waals surface area (Å²) in [6.07, 6.45) is 3.36. The van der Waals surface area contributed by atoms with Crippen LogP contribution in [0.1, 0.15) is 58.1 Å². The van der Waals surface area contributed by atoms with Crippen molar-refractivity contribution in [3.8, 4) is 0 Å². The van der Waals surface area contributed by atoms with Gasteiger partial charge in [-0.2, -0.15) is 0 Å². The highest BCUT2D eigenvalue weighted by Crippen LogP contribution is 2.27.